The second-order valence-corrected chi connectivity index (χ2v) is 5.93. The van der Waals surface area contributed by atoms with Crippen LogP contribution in [-0.4, -0.2) is 22.9 Å². The first-order valence-corrected chi connectivity index (χ1v) is 7.27. The predicted octanol–water partition coefficient (Wildman–Crippen LogP) is 3.51. The second-order valence-electron chi connectivity index (χ2n) is 3.91. The van der Waals surface area contributed by atoms with Gasteiger partial charge >= 0.3 is 0 Å². The van der Waals surface area contributed by atoms with E-state index in [0.29, 0.717) is 6.04 Å². The molecule has 0 saturated carbocycles. The van der Waals surface area contributed by atoms with Crippen LogP contribution in [0, 0.1) is 0 Å². The standard InChI is InChI=1S/C9H17ClNOP/c1-3-9(4-2)8-6-5-7-11(8)13(10)12-9/h8H,3-7H2,1-2H3. The molecule has 76 valence electrons. The Balaban J connectivity index is 2.21. The summed E-state index contributed by atoms with van der Waals surface area (Å²) in [6.45, 7) is 5.57. The maximum absolute atomic E-state index is 6.22. The summed E-state index contributed by atoms with van der Waals surface area (Å²) in [6.07, 6.45) is 4.75. The Kier molecular flexibility index (Phi) is 2.86. The highest BCUT2D eigenvalue weighted by Gasteiger charge is 2.53. The zero-order chi connectivity index (χ0) is 9.47. The molecule has 13 heavy (non-hydrogen) atoms. The zero-order valence-electron chi connectivity index (χ0n) is 8.29. The molecule has 2 atom stereocenters. The Morgan fingerprint density at radius 2 is 2.23 bits per heavy atom. The molecular weight excluding hydrogens is 205 g/mol. The Labute approximate surface area is 86.3 Å². The molecule has 0 aromatic carbocycles. The van der Waals surface area contributed by atoms with Crippen molar-refractivity contribution in [2.45, 2.75) is 51.2 Å². The van der Waals surface area contributed by atoms with Gasteiger partial charge in [-0.15, -0.1) is 0 Å². The van der Waals surface area contributed by atoms with Crippen LogP contribution >= 0.6 is 18.9 Å². The summed E-state index contributed by atoms with van der Waals surface area (Å²) in [4.78, 5) is 0. The summed E-state index contributed by atoms with van der Waals surface area (Å²) in [5, 5.41) is 0. The first-order valence-electron chi connectivity index (χ1n) is 5.15. The Morgan fingerprint density at radius 3 is 2.85 bits per heavy atom. The van der Waals surface area contributed by atoms with E-state index in [4.69, 9.17) is 15.8 Å². The first kappa shape index (κ1) is 10.2. The smallest absolute Gasteiger partial charge is 0.207 e. The van der Waals surface area contributed by atoms with Crippen LogP contribution in [0.1, 0.15) is 39.5 Å². The van der Waals surface area contributed by atoms with Crippen LogP contribution in [0.2, 0.25) is 0 Å². The van der Waals surface area contributed by atoms with Crippen LogP contribution in [0.4, 0.5) is 0 Å². The molecule has 0 N–H and O–H groups in total. The topological polar surface area (TPSA) is 12.5 Å². The lowest BCUT2D eigenvalue weighted by Gasteiger charge is -2.30. The first-order chi connectivity index (χ1) is 6.23. The molecule has 2 unspecified atom stereocenters. The van der Waals surface area contributed by atoms with E-state index in [2.05, 4.69) is 18.5 Å². The van der Waals surface area contributed by atoms with E-state index in [1.165, 1.54) is 12.8 Å². The van der Waals surface area contributed by atoms with Crippen molar-refractivity contribution in [2.24, 2.45) is 0 Å². The van der Waals surface area contributed by atoms with Crippen molar-refractivity contribution < 1.29 is 4.52 Å². The normalized spacial score (nSPS) is 38.1. The van der Waals surface area contributed by atoms with Crippen LogP contribution in [0.25, 0.3) is 0 Å². The van der Waals surface area contributed by atoms with Gasteiger partial charge in [-0.1, -0.05) is 13.8 Å². The third-order valence-corrected chi connectivity index (χ3v) is 5.67. The number of hydrogen-bond acceptors (Lipinski definition) is 2. The third-order valence-electron chi connectivity index (χ3n) is 3.49. The van der Waals surface area contributed by atoms with Crippen LogP contribution in [-0.2, 0) is 4.52 Å². The molecule has 2 saturated heterocycles. The summed E-state index contributed by atoms with van der Waals surface area (Å²) >= 11 is 6.22. The van der Waals surface area contributed by atoms with E-state index in [1.54, 1.807) is 0 Å². The number of halogens is 1. The molecule has 2 aliphatic rings. The van der Waals surface area contributed by atoms with Crippen LogP contribution < -0.4 is 0 Å². The molecule has 2 nitrogen and oxygen atoms in total. The summed E-state index contributed by atoms with van der Waals surface area (Å²) in [7, 11) is -0.799. The van der Waals surface area contributed by atoms with Gasteiger partial charge in [-0.05, 0) is 36.9 Å². The average Bonchev–Trinajstić information content (AvgIpc) is 2.69. The molecule has 0 radical (unpaired) electrons. The number of fused-ring (bicyclic) bond motifs is 1. The van der Waals surface area contributed by atoms with Crippen molar-refractivity contribution in [2.75, 3.05) is 6.54 Å². The maximum atomic E-state index is 6.22. The van der Waals surface area contributed by atoms with E-state index < -0.39 is 7.65 Å². The Hall–Kier alpha value is 0.640. The molecule has 2 rings (SSSR count). The molecule has 0 aromatic heterocycles. The minimum absolute atomic E-state index is 0.0734. The summed E-state index contributed by atoms with van der Waals surface area (Å²) in [5.74, 6) is 0. The van der Waals surface area contributed by atoms with Crippen LogP contribution in [0.5, 0.6) is 0 Å². The fourth-order valence-electron chi connectivity index (χ4n) is 2.59. The third kappa shape index (κ3) is 1.43. The Morgan fingerprint density at radius 1 is 1.54 bits per heavy atom. The summed E-state index contributed by atoms with van der Waals surface area (Å²) in [5.41, 5.74) is 0.0734. The van der Waals surface area contributed by atoms with Crippen molar-refractivity contribution in [1.82, 2.24) is 4.67 Å². The maximum Gasteiger partial charge on any atom is 0.207 e. The fraction of sp³-hybridized carbons (Fsp3) is 1.00. The lowest BCUT2D eigenvalue weighted by molar-refractivity contribution is 0.0616. The Bertz CT molecular complexity index is 198. The fourth-order valence-corrected chi connectivity index (χ4v) is 5.17. The highest BCUT2D eigenvalue weighted by atomic mass is 35.7. The molecule has 2 fully saturated rings. The minimum atomic E-state index is -0.799. The van der Waals surface area contributed by atoms with Gasteiger partial charge in [0.1, 0.15) is 0 Å². The van der Waals surface area contributed by atoms with Gasteiger partial charge < -0.3 is 4.52 Å². The summed E-state index contributed by atoms with van der Waals surface area (Å²) < 4.78 is 8.35. The van der Waals surface area contributed by atoms with Crippen molar-refractivity contribution >= 4 is 18.9 Å². The summed E-state index contributed by atoms with van der Waals surface area (Å²) in [6, 6.07) is 0.603. The van der Waals surface area contributed by atoms with Crippen molar-refractivity contribution in [1.29, 1.82) is 0 Å². The van der Waals surface area contributed by atoms with Crippen molar-refractivity contribution in [3.8, 4) is 0 Å². The SMILES string of the molecule is CCC1(CC)OP(Cl)N2CCCC21. The molecule has 2 heterocycles. The van der Waals surface area contributed by atoms with E-state index in [-0.39, 0.29) is 5.60 Å². The van der Waals surface area contributed by atoms with E-state index in [1.807, 2.05) is 0 Å². The van der Waals surface area contributed by atoms with Gasteiger partial charge in [0, 0.05) is 12.6 Å². The van der Waals surface area contributed by atoms with Crippen molar-refractivity contribution in [3.05, 3.63) is 0 Å². The minimum Gasteiger partial charge on any atom is -0.323 e. The van der Waals surface area contributed by atoms with E-state index in [9.17, 15) is 0 Å². The highest BCUT2D eigenvalue weighted by Crippen LogP contribution is 2.63. The molecule has 0 amide bonds. The van der Waals surface area contributed by atoms with Gasteiger partial charge in [-0.25, -0.2) is 4.67 Å². The van der Waals surface area contributed by atoms with Gasteiger partial charge in [0.25, 0.3) is 0 Å². The van der Waals surface area contributed by atoms with E-state index >= 15 is 0 Å². The zero-order valence-corrected chi connectivity index (χ0v) is 9.94. The second kappa shape index (κ2) is 3.66. The number of rotatable bonds is 2. The highest BCUT2D eigenvalue weighted by molar-refractivity contribution is 7.78. The van der Waals surface area contributed by atoms with Crippen molar-refractivity contribution in [3.63, 3.8) is 0 Å². The van der Waals surface area contributed by atoms with Gasteiger partial charge in [0.2, 0.25) is 7.65 Å². The molecule has 0 bridgehead atoms. The molecular formula is C9H17ClNOP. The van der Waals surface area contributed by atoms with Gasteiger partial charge in [0.15, 0.2) is 0 Å². The number of nitrogens with zero attached hydrogens (tertiary/aromatic N) is 1. The quantitative estimate of drug-likeness (QED) is 0.662. The lowest BCUT2D eigenvalue weighted by Crippen LogP contribution is -2.40. The van der Waals surface area contributed by atoms with Gasteiger partial charge in [-0.3, -0.25) is 0 Å². The van der Waals surface area contributed by atoms with E-state index in [0.717, 1.165) is 19.4 Å². The van der Waals surface area contributed by atoms with Crippen LogP contribution in [0.3, 0.4) is 0 Å². The average molecular weight is 222 g/mol. The molecule has 0 aromatic rings. The van der Waals surface area contributed by atoms with Gasteiger partial charge in [0.05, 0.1) is 5.60 Å². The van der Waals surface area contributed by atoms with Gasteiger partial charge in [-0.2, -0.15) is 0 Å². The molecule has 2 aliphatic heterocycles. The predicted molar refractivity (Wildman–Crippen MR) is 56.9 cm³/mol. The monoisotopic (exact) mass is 221 g/mol. The lowest BCUT2D eigenvalue weighted by atomic mass is 9.88. The molecule has 0 spiro atoms. The largest absolute Gasteiger partial charge is 0.323 e. The van der Waals surface area contributed by atoms with Crippen LogP contribution in [0.15, 0.2) is 0 Å². The molecule has 0 aliphatic carbocycles. The molecule has 4 heteroatoms. The number of hydrogen-bond donors (Lipinski definition) is 0.